The van der Waals surface area contributed by atoms with Crippen molar-refractivity contribution in [3.8, 4) is 0 Å². The lowest BCUT2D eigenvalue weighted by Crippen LogP contribution is -2.25. The standard InChI is InChI=1S/C11H16FN3/c1-8-6-9(7-15(8)2)13-11-5-3-4-10(12)14-11/h3-5,8-9H,6-7H2,1-2H3,(H,13,14). The Labute approximate surface area is 89.3 Å². The molecule has 0 radical (unpaired) electrons. The van der Waals surface area contributed by atoms with E-state index >= 15 is 0 Å². The molecule has 1 aliphatic heterocycles. The van der Waals surface area contributed by atoms with E-state index in [1.54, 1.807) is 12.1 Å². The van der Waals surface area contributed by atoms with Crippen LogP contribution in [-0.4, -0.2) is 35.6 Å². The predicted molar refractivity (Wildman–Crippen MR) is 58.3 cm³/mol. The minimum Gasteiger partial charge on any atom is -0.366 e. The Bertz CT molecular complexity index is 332. The van der Waals surface area contributed by atoms with Gasteiger partial charge in [0.05, 0.1) is 0 Å². The average Bonchev–Trinajstić information content (AvgIpc) is 2.45. The van der Waals surface area contributed by atoms with Gasteiger partial charge in [0.2, 0.25) is 5.95 Å². The summed E-state index contributed by atoms with van der Waals surface area (Å²) in [5, 5.41) is 3.25. The third kappa shape index (κ3) is 2.45. The Kier molecular flexibility index (Phi) is 2.86. The van der Waals surface area contributed by atoms with Crippen molar-refractivity contribution in [1.82, 2.24) is 9.88 Å². The molecular formula is C11H16FN3. The van der Waals surface area contributed by atoms with Crippen molar-refractivity contribution < 1.29 is 4.39 Å². The van der Waals surface area contributed by atoms with Crippen molar-refractivity contribution >= 4 is 5.82 Å². The number of hydrogen-bond acceptors (Lipinski definition) is 3. The second-order valence-electron chi connectivity index (χ2n) is 4.21. The molecular weight excluding hydrogens is 193 g/mol. The van der Waals surface area contributed by atoms with Crippen LogP contribution < -0.4 is 5.32 Å². The van der Waals surface area contributed by atoms with Gasteiger partial charge < -0.3 is 10.2 Å². The van der Waals surface area contributed by atoms with E-state index in [0.29, 0.717) is 17.9 Å². The summed E-state index contributed by atoms with van der Waals surface area (Å²) in [5.41, 5.74) is 0. The molecule has 1 saturated heterocycles. The van der Waals surface area contributed by atoms with Gasteiger partial charge in [-0.25, -0.2) is 4.98 Å². The fraction of sp³-hybridized carbons (Fsp3) is 0.545. The topological polar surface area (TPSA) is 28.2 Å². The van der Waals surface area contributed by atoms with Crippen molar-refractivity contribution in [3.63, 3.8) is 0 Å². The monoisotopic (exact) mass is 209 g/mol. The van der Waals surface area contributed by atoms with Crippen molar-refractivity contribution in [3.05, 3.63) is 24.1 Å². The average molecular weight is 209 g/mol. The number of pyridine rings is 1. The molecule has 15 heavy (non-hydrogen) atoms. The Morgan fingerprint density at radius 2 is 2.33 bits per heavy atom. The second-order valence-corrected chi connectivity index (χ2v) is 4.21. The molecule has 0 aromatic carbocycles. The molecule has 2 atom stereocenters. The first-order valence-corrected chi connectivity index (χ1v) is 5.24. The molecule has 0 spiro atoms. The maximum atomic E-state index is 12.8. The van der Waals surface area contributed by atoms with E-state index in [4.69, 9.17) is 0 Å². The molecule has 1 aromatic rings. The van der Waals surface area contributed by atoms with E-state index in [0.717, 1.165) is 13.0 Å². The van der Waals surface area contributed by atoms with Crippen LogP contribution in [0.2, 0.25) is 0 Å². The molecule has 4 heteroatoms. The zero-order valence-corrected chi connectivity index (χ0v) is 9.07. The van der Waals surface area contributed by atoms with Crippen LogP contribution in [0.5, 0.6) is 0 Å². The summed E-state index contributed by atoms with van der Waals surface area (Å²) in [7, 11) is 2.10. The quantitative estimate of drug-likeness (QED) is 0.752. The van der Waals surface area contributed by atoms with Gasteiger partial charge in [-0.15, -0.1) is 0 Å². The van der Waals surface area contributed by atoms with E-state index in [1.165, 1.54) is 6.07 Å². The van der Waals surface area contributed by atoms with Gasteiger partial charge >= 0.3 is 0 Å². The molecule has 1 fully saturated rings. The van der Waals surface area contributed by atoms with Gasteiger partial charge in [0, 0.05) is 18.6 Å². The number of hydrogen-bond donors (Lipinski definition) is 1. The number of anilines is 1. The van der Waals surface area contributed by atoms with Crippen LogP contribution in [0.4, 0.5) is 10.2 Å². The Balaban J connectivity index is 1.98. The van der Waals surface area contributed by atoms with E-state index in [-0.39, 0.29) is 0 Å². The minimum absolute atomic E-state index is 0.374. The molecule has 82 valence electrons. The molecule has 2 heterocycles. The molecule has 0 bridgehead atoms. The SMILES string of the molecule is CC1CC(Nc2cccc(F)n2)CN1C. The van der Waals surface area contributed by atoms with Gasteiger partial charge in [0.1, 0.15) is 5.82 Å². The fourth-order valence-corrected chi connectivity index (χ4v) is 2.00. The Hall–Kier alpha value is -1.16. The predicted octanol–water partition coefficient (Wildman–Crippen LogP) is 1.73. The lowest BCUT2D eigenvalue weighted by molar-refractivity contribution is 0.330. The van der Waals surface area contributed by atoms with Gasteiger partial charge in [-0.3, -0.25) is 0 Å². The molecule has 2 rings (SSSR count). The summed E-state index contributed by atoms with van der Waals surface area (Å²) >= 11 is 0. The molecule has 0 aliphatic carbocycles. The minimum atomic E-state index is -0.431. The molecule has 1 N–H and O–H groups in total. The zero-order valence-electron chi connectivity index (χ0n) is 9.07. The molecule has 1 aromatic heterocycles. The summed E-state index contributed by atoms with van der Waals surface area (Å²) in [5.74, 6) is 0.196. The summed E-state index contributed by atoms with van der Waals surface area (Å²) in [6, 6.07) is 5.78. The largest absolute Gasteiger partial charge is 0.366 e. The van der Waals surface area contributed by atoms with Gasteiger partial charge in [-0.05, 0) is 32.5 Å². The number of likely N-dealkylation sites (N-methyl/N-ethyl adjacent to an activating group) is 1. The number of halogens is 1. The third-order valence-electron chi connectivity index (χ3n) is 2.95. The molecule has 0 amide bonds. The highest BCUT2D eigenvalue weighted by Crippen LogP contribution is 2.18. The molecule has 1 aliphatic rings. The van der Waals surface area contributed by atoms with Crippen LogP contribution in [0.25, 0.3) is 0 Å². The van der Waals surface area contributed by atoms with Crippen molar-refractivity contribution in [1.29, 1.82) is 0 Å². The van der Waals surface area contributed by atoms with E-state index in [1.807, 2.05) is 0 Å². The first kappa shape index (κ1) is 10.4. The van der Waals surface area contributed by atoms with Crippen LogP contribution >= 0.6 is 0 Å². The van der Waals surface area contributed by atoms with Crippen LogP contribution in [0, 0.1) is 5.95 Å². The number of nitrogens with zero attached hydrogens (tertiary/aromatic N) is 2. The lowest BCUT2D eigenvalue weighted by atomic mass is 10.2. The van der Waals surface area contributed by atoms with Crippen LogP contribution in [0.1, 0.15) is 13.3 Å². The third-order valence-corrected chi connectivity index (χ3v) is 2.95. The summed E-state index contributed by atoms with van der Waals surface area (Å²) in [6.45, 7) is 3.18. The second kappa shape index (κ2) is 4.14. The highest BCUT2D eigenvalue weighted by atomic mass is 19.1. The maximum absolute atomic E-state index is 12.8. The summed E-state index contributed by atoms with van der Waals surface area (Å²) < 4.78 is 12.8. The van der Waals surface area contributed by atoms with E-state index < -0.39 is 5.95 Å². The van der Waals surface area contributed by atoms with E-state index in [9.17, 15) is 4.39 Å². The van der Waals surface area contributed by atoms with Crippen LogP contribution in [0.3, 0.4) is 0 Å². The lowest BCUT2D eigenvalue weighted by Gasteiger charge is -2.13. The number of nitrogens with one attached hydrogen (secondary N) is 1. The van der Waals surface area contributed by atoms with Crippen molar-refractivity contribution in [2.75, 3.05) is 18.9 Å². The van der Waals surface area contributed by atoms with Crippen LogP contribution in [0.15, 0.2) is 18.2 Å². The highest BCUT2D eigenvalue weighted by Gasteiger charge is 2.25. The molecule has 0 saturated carbocycles. The van der Waals surface area contributed by atoms with E-state index in [2.05, 4.69) is 29.2 Å². The van der Waals surface area contributed by atoms with Gasteiger partial charge in [-0.1, -0.05) is 6.07 Å². The van der Waals surface area contributed by atoms with Gasteiger partial charge in [0.25, 0.3) is 0 Å². The maximum Gasteiger partial charge on any atom is 0.214 e. The summed E-state index contributed by atoms with van der Waals surface area (Å²) in [6.07, 6.45) is 1.08. The van der Waals surface area contributed by atoms with Crippen LogP contribution in [-0.2, 0) is 0 Å². The first-order chi connectivity index (χ1) is 7.15. The van der Waals surface area contributed by atoms with Gasteiger partial charge in [0.15, 0.2) is 0 Å². The normalized spacial score (nSPS) is 26.9. The smallest absolute Gasteiger partial charge is 0.214 e. The first-order valence-electron chi connectivity index (χ1n) is 5.24. The highest BCUT2D eigenvalue weighted by molar-refractivity contribution is 5.35. The molecule has 2 unspecified atom stereocenters. The number of likely N-dealkylation sites (tertiary alicyclic amines) is 1. The van der Waals surface area contributed by atoms with Crippen molar-refractivity contribution in [2.24, 2.45) is 0 Å². The Morgan fingerprint density at radius 3 is 2.93 bits per heavy atom. The van der Waals surface area contributed by atoms with Crippen molar-refractivity contribution in [2.45, 2.75) is 25.4 Å². The Morgan fingerprint density at radius 1 is 1.53 bits per heavy atom. The number of aromatic nitrogens is 1. The molecule has 3 nitrogen and oxygen atoms in total. The van der Waals surface area contributed by atoms with Gasteiger partial charge in [-0.2, -0.15) is 4.39 Å². The number of rotatable bonds is 2. The summed E-state index contributed by atoms with van der Waals surface area (Å²) in [4.78, 5) is 6.08. The zero-order chi connectivity index (χ0) is 10.8. The fourth-order valence-electron chi connectivity index (χ4n) is 2.00.